The Morgan fingerprint density at radius 1 is 1.19 bits per heavy atom. The second-order valence-corrected chi connectivity index (χ2v) is 7.17. The van der Waals surface area contributed by atoms with E-state index < -0.39 is 23.3 Å². The van der Waals surface area contributed by atoms with Crippen LogP contribution >= 0.6 is 0 Å². The summed E-state index contributed by atoms with van der Waals surface area (Å²) in [5, 5.41) is 17.8. The minimum atomic E-state index is -4.82. The highest BCUT2D eigenvalue weighted by molar-refractivity contribution is 6.04. The summed E-state index contributed by atoms with van der Waals surface area (Å²) in [6, 6.07) is 8.18. The van der Waals surface area contributed by atoms with Crippen LogP contribution in [0.1, 0.15) is 38.8 Å². The summed E-state index contributed by atoms with van der Waals surface area (Å²) < 4.78 is 49.0. The summed E-state index contributed by atoms with van der Waals surface area (Å²) in [4.78, 5) is 12.8. The van der Waals surface area contributed by atoms with E-state index in [9.17, 15) is 18.0 Å². The number of hydrogen-bond donors (Lipinski definition) is 1. The number of alkyl halides is 3. The number of nitrogens with one attached hydrogen (secondary N) is 1. The van der Waals surface area contributed by atoms with Crippen molar-refractivity contribution >= 4 is 11.7 Å². The maximum Gasteiger partial charge on any atom is 0.434 e. The van der Waals surface area contributed by atoms with E-state index in [2.05, 4.69) is 25.9 Å². The number of halogens is 3. The molecular weight excluding hydrogens is 427 g/mol. The Kier molecular flexibility index (Phi) is 5.28. The third-order valence-corrected chi connectivity index (χ3v) is 4.82. The standard InChI is InChI=1S/C20H18F3N7O2/c1-11-6-4-5-7-16(11)30-17(20(21,22)23)15(9-24-30)19(31)25-18-13(3)29(28-26-18)10-14-8-12(2)27-32-14/h4-9H,10H2,1-3H3,(H,25,31). The second kappa shape index (κ2) is 7.94. The fourth-order valence-corrected chi connectivity index (χ4v) is 3.21. The van der Waals surface area contributed by atoms with Crippen LogP contribution in [-0.4, -0.2) is 35.8 Å². The molecule has 0 spiro atoms. The number of carbonyl (C=O) groups is 1. The van der Waals surface area contributed by atoms with Crippen LogP contribution in [0.15, 0.2) is 41.1 Å². The first-order valence-electron chi connectivity index (χ1n) is 9.50. The average molecular weight is 445 g/mol. The molecular formula is C20H18F3N7O2. The molecule has 0 unspecified atom stereocenters. The van der Waals surface area contributed by atoms with Crippen LogP contribution in [0, 0.1) is 20.8 Å². The third kappa shape index (κ3) is 3.98. The van der Waals surface area contributed by atoms with Gasteiger partial charge in [-0.15, -0.1) is 5.10 Å². The van der Waals surface area contributed by atoms with Crippen LogP contribution < -0.4 is 5.32 Å². The number of para-hydroxylation sites is 1. The summed E-state index contributed by atoms with van der Waals surface area (Å²) in [5.41, 5.74) is 0.133. The summed E-state index contributed by atoms with van der Waals surface area (Å²) in [6.07, 6.45) is -3.93. The molecule has 0 aliphatic carbocycles. The van der Waals surface area contributed by atoms with Crippen LogP contribution in [-0.2, 0) is 12.7 Å². The van der Waals surface area contributed by atoms with Gasteiger partial charge in [-0.05, 0) is 32.4 Å². The number of aromatic nitrogens is 6. The molecule has 0 aliphatic rings. The fourth-order valence-electron chi connectivity index (χ4n) is 3.21. The first kappa shape index (κ1) is 21.3. The van der Waals surface area contributed by atoms with Gasteiger partial charge in [0.2, 0.25) is 0 Å². The highest BCUT2D eigenvalue weighted by atomic mass is 19.4. The number of rotatable bonds is 5. The van der Waals surface area contributed by atoms with Gasteiger partial charge in [0.05, 0.1) is 28.8 Å². The Labute approximate surface area is 179 Å². The van der Waals surface area contributed by atoms with Gasteiger partial charge >= 0.3 is 6.18 Å². The van der Waals surface area contributed by atoms with Gasteiger partial charge in [0.15, 0.2) is 17.3 Å². The van der Waals surface area contributed by atoms with Gasteiger partial charge in [-0.2, -0.15) is 18.3 Å². The van der Waals surface area contributed by atoms with Gasteiger partial charge < -0.3 is 9.84 Å². The van der Waals surface area contributed by atoms with Gasteiger partial charge in [-0.1, -0.05) is 28.6 Å². The van der Waals surface area contributed by atoms with Gasteiger partial charge in [0, 0.05) is 6.07 Å². The lowest BCUT2D eigenvalue weighted by Crippen LogP contribution is -2.21. The molecule has 0 saturated heterocycles. The quantitative estimate of drug-likeness (QED) is 0.503. The van der Waals surface area contributed by atoms with Crippen LogP contribution in [0.5, 0.6) is 0 Å². The van der Waals surface area contributed by atoms with Crippen molar-refractivity contribution in [3.8, 4) is 5.69 Å². The first-order chi connectivity index (χ1) is 15.1. The summed E-state index contributed by atoms with van der Waals surface area (Å²) in [5.74, 6) is -0.446. The smallest absolute Gasteiger partial charge is 0.359 e. The minimum Gasteiger partial charge on any atom is -0.359 e. The molecule has 0 atom stereocenters. The molecule has 1 amide bonds. The topological polar surface area (TPSA) is 104 Å². The maximum absolute atomic E-state index is 13.9. The number of nitrogens with zero attached hydrogens (tertiary/aromatic N) is 6. The molecule has 1 aromatic carbocycles. The lowest BCUT2D eigenvalue weighted by molar-refractivity contribution is -0.143. The van der Waals surface area contributed by atoms with E-state index >= 15 is 0 Å². The van der Waals surface area contributed by atoms with Gasteiger partial charge in [-0.3, -0.25) is 4.79 Å². The van der Waals surface area contributed by atoms with E-state index in [0.29, 0.717) is 22.7 Å². The van der Waals surface area contributed by atoms with Crippen molar-refractivity contribution in [1.29, 1.82) is 0 Å². The molecule has 0 bridgehead atoms. The maximum atomic E-state index is 13.9. The number of benzene rings is 1. The summed E-state index contributed by atoms with van der Waals surface area (Å²) in [6.45, 7) is 5.26. The van der Waals surface area contributed by atoms with Crippen molar-refractivity contribution in [3.63, 3.8) is 0 Å². The monoisotopic (exact) mass is 445 g/mol. The Morgan fingerprint density at radius 2 is 1.94 bits per heavy atom. The number of hydrogen-bond acceptors (Lipinski definition) is 6. The van der Waals surface area contributed by atoms with Gasteiger partial charge in [-0.25, -0.2) is 9.36 Å². The van der Waals surface area contributed by atoms with E-state index in [1.807, 2.05) is 0 Å². The van der Waals surface area contributed by atoms with Crippen LogP contribution in [0.3, 0.4) is 0 Å². The van der Waals surface area contributed by atoms with Crippen molar-refractivity contribution in [1.82, 2.24) is 29.9 Å². The van der Waals surface area contributed by atoms with Gasteiger partial charge in [0.1, 0.15) is 6.54 Å². The molecule has 32 heavy (non-hydrogen) atoms. The van der Waals surface area contributed by atoms with Crippen molar-refractivity contribution in [2.45, 2.75) is 33.5 Å². The van der Waals surface area contributed by atoms with Crippen molar-refractivity contribution in [2.75, 3.05) is 5.32 Å². The predicted octanol–water partition coefficient (Wildman–Crippen LogP) is 3.70. The van der Waals surface area contributed by atoms with E-state index in [-0.39, 0.29) is 18.1 Å². The normalized spacial score (nSPS) is 11.7. The largest absolute Gasteiger partial charge is 0.434 e. The van der Waals surface area contributed by atoms with Gasteiger partial charge in [0.25, 0.3) is 5.91 Å². The summed E-state index contributed by atoms with van der Waals surface area (Å²) >= 11 is 0. The number of aryl methyl sites for hydroxylation is 2. The molecule has 0 radical (unpaired) electrons. The predicted molar refractivity (Wildman–Crippen MR) is 106 cm³/mol. The van der Waals surface area contributed by atoms with Crippen LogP contribution in [0.25, 0.3) is 5.69 Å². The van der Waals surface area contributed by atoms with E-state index in [0.717, 1.165) is 10.9 Å². The molecule has 4 aromatic rings. The minimum absolute atomic E-state index is 0.0306. The van der Waals surface area contributed by atoms with Crippen LogP contribution in [0.4, 0.5) is 19.0 Å². The number of anilines is 1. The number of carbonyl (C=O) groups excluding carboxylic acids is 1. The fraction of sp³-hybridized carbons (Fsp3) is 0.250. The molecule has 3 aromatic heterocycles. The highest BCUT2D eigenvalue weighted by Crippen LogP contribution is 2.34. The SMILES string of the molecule is Cc1cc(Cn2nnc(NC(=O)c3cnn(-c4ccccc4C)c3C(F)(F)F)c2C)on1. The lowest BCUT2D eigenvalue weighted by atomic mass is 10.1. The van der Waals surface area contributed by atoms with Crippen molar-refractivity contribution in [2.24, 2.45) is 0 Å². The zero-order chi connectivity index (χ0) is 23.0. The van der Waals surface area contributed by atoms with Crippen molar-refractivity contribution < 1.29 is 22.5 Å². The molecule has 4 rings (SSSR count). The van der Waals surface area contributed by atoms with Crippen molar-refractivity contribution in [3.05, 3.63) is 70.5 Å². The molecule has 3 heterocycles. The van der Waals surface area contributed by atoms with E-state index in [1.54, 1.807) is 45.0 Å². The summed E-state index contributed by atoms with van der Waals surface area (Å²) in [7, 11) is 0. The molecule has 1 N–H and O–H groups in total. The molecule has 0 aliphatic heterocycles. The Hall–Kier alpha value is -3.96. The molecule has 166 valence electrons. The molecule has 0 fully saturated rings. The molecule has 12 heteroatoms. The van der Waals surface area contributed by atoms with E-state index in [1.165, 1.54) is 10.7 Å². The van der Waals surface area contributed by atoms with Crippen LogP contribution in [0.2, 0.25) is 0 Å². The Balaban J connectivity index is 1.64. The zero-order valence-corrected chi connectivity index (χ0v) is 17.3. The average Bonchev–Trinajstić information content (AvgIpc) is 3.43. The third-order valence-electron chi connectivity index (χ3n) is 4.82. The van der Waals surface area contributed by atoms with E-state index in [4.69, 9.17) is 4.52 Å². The second-order valence-electron chi connectivity index (χ2n) is 7.17. The lowest BCUT2D eigenvalue weighted by Gasteiger charge is -2.14. The molecule has 9 nitrogen and oxygen atoms in total. The molecule has 0 saturated carbocycles. The Bertz CT molecular complexity index is 1290. The first-order valence-corrected chi connectivity index (χ1v) is 9.50. The zero-order valence-electron chi connectivity index (χ0n) is 17.3. The highest BCUT2D eigenvalue weighted by Gasteiger charge is 2.41. The Morgan fingerprint density at radius 3 is 2.59 bits per heavy atom. The number of amides is 1.